The number of aromatic nitrogens is 7. The van der Waals surface area contributed by atoms with Crippen LogP contribution in [-0.4, -0.2) is 35.0 Å². The van der Waals surface area contributed by atoms with Crippen molar-refractivity contribution in [3.8, 4) is 23.2 Å². The van der Waals surface area contributed by atoms with Gasteiger partial charge in [0.1, 0.15) is 5.69 Å². The van der Waals surface area contributed by atoms with Crippen LogP contribution < -0.4 is 0 Å². The monoisotopic (exact) mass is 273 g/mol. The maximum atomic E-state index is 5.60. The molecule has 104 valence electrons. The smallest absolute Gasteiger partial charge is 0.270 e. The molecule has 0 amide bonds. The molecule has 0 saturated heterocycles. The molecule has 0 aliphatic rings. The Morgan fingerprint density at radius 3 is 2.50 bits per heavy atom. The van der Waals surface area contributed by atoms with E-state index in [2.05, 4.69) is 32.5 Å². The maximum Gasteiger partial charge on any atom is 0.270 e. The van der Waals surface area contributed by atoms with E-state index in [0.29, 0.717) is 23.2 Å². The lowest BCUT2D eigenvalue weighted by atomic mass is 10.2. The third kappa shape index (κ3) is 2.20. The second-order valence-electron chi connectivity index (χ2n) is 4.58. The van der Waals surface area contributed by atoms with E-state index in [1.165, 1.54) is 0 Å². The number of aryl methyl sites for hydroxylation is 3. The first kappa shape index (κ1) is 12.5. The second-order valence-corrected chi connectivity index (χ2v) is 4.58. The Bertz CT molecular complexity index is 724. The molecule has 8 heteroatoms. The molecule has 20 heavy (non-hydrogen) atoms. The van der Waals surface area contributed by atoms with Gasteiger partial charge < -0.3 is 4.42 Å². The van der Waals surface area contributed by atoms with Crippen LogP contribution in [0.2, 0.25) is 0 Å². The molecule has 0 bridgehead atoms. The minimum atomic E-state index is 0.343. The highest BCUT2D eigenvalue weighted by molar-refractivity contribution is 5.51. The third-order valence-corrected chi connectivity index (χ3v) is 2.95. The lowest BCUT2D eigenvalue weighted by molar-refractivity contribution is 0.577. The quantitative estimate of drug-likeness (QED) is 0.710. The molecular formula is C12H15N7O. The molecule has 0 aliphatic heterocycles. The molecule has 3 aromatic rings. The first-order valence-corrected chi connectivity index (χ1v) is 6.41. The van der Waals surface area contributed by atoms with Gasteiger partial charge in [0.15, 0.2) is 5.69 Å². The van der Waals surface area contributed by atoms with E-state index in [0.717, 1.165) is 18.5 Å². The van der Waals surface area contributed by atoms with E-state index >= 15 is 0 Å². The lowest BCUT2D eigenvalue weighted by Gasteiger charge is -1.95. The van der Waals surface area contributed by atoms with Crippen molar-refractivity contribution in [1.29, 1.82) is 0 Å². The van der Waals surface area contributed by atoms with Gasteiger partial charge in [-0.05, 0) is 12.5 Å². The fourth-order valence-corrected chi connectivity index (χ4v) is 1.98. The van der Waals surface area contributed by atoms with E-state index in [-0.39, 0.29) is 0 Å². The van der Waals surface area contributed by atoms with Crippen LogP contribution in [0, 0.1) is 0 Å². The van der Waals surface area contributed by atoms with Crippen molar-refractivity contribution in [2.45, 2.75) is 19.8 Å². The number of hydrogen-bond donors (Lipinski definition) is 0. The van der Waals surface area contributed by atoms with Crippen LogP contribution in [0.5, 0.6) is 0 Å². The largest absolute Gasteiger partial charge is 0.413 e. The molecule has 3 aromatic heterocycles. The molecule has 0 aliphatic carbocycles. The van der Waals surface area contributed by atoms with Crippen molar-refractivity contribution in [3.05, 3.63) is 18.0 Å². The minimum Gasteiger partial charge on any atom is -0.413 e. The Kier molecular flexibility index (Phi) is 3.05. The van der Waals surface area contributed by atoms with E-state index < -0.39 is 0 Å². The van der Waals surface area contributed by atoms with Crippen molar-refractivity contribution in [2.75, 3.05) is 0 Å². The van der Waals surface area contributed by atoms with Gasteiger partial charge in [0.25, 0.3) is 11.8 Å². The molecule has 0 aromatic carbocycles. The zero-order valence-electron chi connectivity index (χ0n) is 11.6. The predicted molar refractivity (Wildman–Crippen MR) is 70.5 cm³/mol. The van der Waals surface area contributed by atoms with Crippen LogP contribution in [0.15, 0.2) is 16.7 Å². The normalized spacial score (nSPS) is 11.2. The van der Waals surface area contributed by atoms with Gasteiger partial charge in [0.2, 0.25) is 0 Å². The molecular weight excluding hydrogens is 258 g/mol. The maximum absolute atomic E-state index is 5.60. The summed E-state index contributed by atoms with van der Waals surface area (Å²) in [5.74, 6) is 0.736. The predicted octanol–water partition coefficient (Wildman–Crippen LogP) is 1.22. The SMILES string of the molecule is CCCc1cc(-c2nnc(-c3cn(C)nn3)o2)nn1C. The van der Waals surface area contributed by atoms with Gasteiger partial charge in [0, 0.05) is 19.8 Å². The van der Waals surface area contributed by atoms with Crippen LogP contribution in [0.1, 0.15) is 19.0 Å². The van der Waals surface area contributed by atoms with Crippen molar-refractivity contribution in [1.82, 2.24) is 35.0 Å². The summed E-state index contributed by atoms with van der Waals surface area (Å²) < 4.78 is 9.02. The Morgan fingerprint density at radius 1 is 1.10 bits per heavy atom. The summed E-state index contributed by atoms with van der Waals surface area (Å²) in [6, 6.07) is 1.97. The fraction of sp³-hybridized carbons (Fsp3) is 0.417. The van der Waals surface area contributed by atoms with Crippen LogP contribution in [0.3, 0.4) is 0 Å². The lowest BCUT2D eigenvalue weighted by Crippen LogP contribution is -1.97. The van der Waals surface area contributed by atoms with Crippen molar-refractivity contribution in [2.24, 2.45) is 14.1 Å². The summed E-state index contributed by atoms with van der Waals surface area (Å²) >= 11 is 0. The van der Waals surface area contributed by atoms with Crippen molar-refractivity contribution >= 4 is 0 Å². The summed E-state index contributed by atoms with van der Waals surface area (Å²) in [6.45, 7) is 2.13. The van der Waals surface area contributed by atoms with Crippen LogP contribution in [-0.2, 0) is 20.5 Å². The summed E-state index contributed by atoms with van der Waals surface area (Å²) in [7, 11) is 3.69. The summed E-state index contributed by atoms with van der Waals surface area (Å²) in [5.41, 5.74) is 2.37. The molecule has 3 rings (SSSR count). The standard InChI is InChI=1S/C12H15N7O/c1-4-5-8-6-9(16-19(8)3)11-14-15-12(20-11)10-7-18(2)17-13-10/h6-7H,4-5H2,1-3H3. The van der Waals surface area contributed by atoms with E-state index in [1.807, 2.05) is 17.8 Å². The van der Waals surface area contributed by atoms with Gasteiger partial charge in [-0.3, -0.25) is 9.36 Å². The van der Waals surface area contributed by atoms with Gasteiger partial charge >= 0.3 is 0 Å². The van der Waals surface area contributed by atoms with Crippen LogP contribution in [0.25, 0.3) is 23.2 Å². The third-order valence-electron chi connectivity index (χ3n) is 2.95. The molecule has 0 spiro atoms. The van der Waals surface area contributed by atoms with Gasteiger partial charge in [0.05, 0.1) is 6.20 Å². The molecule has 0 radical (unpaired) electrons. The number of hydrogen-bond acceptors (Lipinski definition) is 6. The molecule has 0 atom stereocenters. The Morgan fingerprint density at radius 2 is 1.85 bits per heavy atom. The van der Waals surface area contributed by atoms with Crippen LogP contribution >= 0.6 is 0 Å². The first-order valence-electron chi connectivity index (χ1n) is 6.41. The van der Waals surface area contributed by atoms with Crippen LogP contribution in [0.4, 0.5) is 0 Å². The van der Waals surface area contributed by atoms with Gasteiger partial charge in [-0.25, -0.2) is 0 Å². The topological polar surface area (TPSA) is 87.4 Å². The van der Waals surface area contributed by atoms with E-state index in [4.69, 9.17) is 4.42 Å². The van der Waals surface area contributed by atoms with E-state index in [9.17, 15) is 0 Å². The molecule has 0 N–H and O–H groups in total. The molecule has 0 unspecified atom stereocenters. The summed E-state index contributed by atoms with van der Waals surface area (Å²) in [4.78, 5) is 0. The number of rotatable bonds is 4. The van der Waals surface area contributed by atoms with Crippen molar-refractivity contribution in [3.63, 3.8) is 0 Å². The van der Waals surface area contributed by atoms with Gasteiger partial charge in [-0.2, -0.15) is 5.10 Å². The van der Waals surface area contributed by atoms with E-state index in [1.54, 1.807) is 17.9 Å². The average molecular weight is 273 g/mol. The van der Waals surface area contributed by atoms with Gasteiger partial charge in [-0.15, -0.1) is 15.3 Å². The Balaban J connectivity index is 1.92. The second kappa shape index (κ2) is 4.87. The highest BCUT2D eigenvalue weighted by Gasteiger charge is 2.16. The molecule has 0 saturated carbocycles. The summed E-state index contributed by atoms with van der Waals surface area (Å²) in [5, 5.41) is 20.2. The molecule has 8 nitrogen and oxygen atoms in total. The fourth-order valence-electron chi connectivity index (χ4n) is 1.98. The average Bonchev–Trinajstić information content (AvgIpc) is 3.10. The first-order chi connectivity index (χ1) is 9.67. The Hall–Kier alpha value is -2.51. The zero-order valence-corrected chi connectivity index (χ0v) is 11.6. The van der Waals surface area contributed by atoms with Gasteiger partial charge in [-0.1, -0.05) is 18.6 Å². The van der Waals surface area contributed by atoms with Crippen molar-refractivity contribution < 1.29 is 4.42 Å². The summed E-state index contributed by atoms with van der Waals surface area (Å²) in [6.07, 6.45) is 3.75. The molecule has 3 heterocycles. The highest BCUT2D eigenvalue weighted by Crippen LogP contribution is 2.22. The Labute approximate surface area is 115 Å². The molecule has 0 fully saturated rings. The highest BCUT2D eigenvalue weighted by atomic mass is 16.4. The zero-order chi connectivity index (χ0) is 14.1. The number of nitrogens with zero attached hydrogens (tertiary/aromatic N) is 7. The minimum absolute atomic E-state index is 0.343.